The molecule has 0 heterocycles. The van der Waals surface area contributed by atoms with Gasteiger partial charge in [-0.15, -0.1) is 0 Å². The fraction of sp³-hybridized carbons (Fsp3) is 0.286. The second-order valence-electron chi connectivity index (χ2n) is 1.44. The van der Waals surface area contributed by atoms with Crippen LogP contribution in [-0.2, 0) is 0 Å². The third-order valence-electron chi connectivity index (χ3n) is 0.849. The molecule has 0 fully saturated rings. The summed E-state index contributed by atoms with van der Waals surface area (Å²) in [6.45, 7) is 5.42. The van der Waals surface area contributed by atoms with Gasteiger partial charge in [0.05, 0.1) is 0 Å². The van der Waals surface area contributed by atoms with Crippen LogP contribution in [0.3, 0.4) is 0 Å². The summed E-state index contributed by atoms with van der Waals surface area (Å²) < 4.78 is 0. The molecule has 0 saturated heterocycles. The number of rotatable bonds is 3. The molecule has 9 heavy (non-hydrogen) atoms. The van der Waals surface area contributed by atoms with Crippen LogP contribution >= 0.6 is 0 Å². The van der Waals surface area contributed by atoms with E-state index in [9.17, 15) is 0 Å². The summed E-state index contributed by atoms with van der Waals surface area (Å²) in [6.07, 6.45) is 5.17. The van der Waals surface area contributed by atoms with E-state index in [0.717, 1.165) is 5.82 Å². The minimum absolute atomic E-state index is 0.856. The van der Waals surface area contributed by atoms with Crippen LogP contribution in [0.25, 0.3) is 0 Å². The van der Waals surface area contributed by atoms with Crippen LogP contribution in [0, 0.1) is 0 Å². The lowest BCUT2D eigenvalue weighted by atomic mass is 10.6. The number of allylic oxidation sites excluding steroid dienone is 2. The van der Waals surface area contributed by atoms with Crippen molar-refractivity contribution in [2.75, 3.05) is 7.05 Å². The zero-order valence-corrected chi connectivity index (χ0v) is 5.89. The van der Waals surface area contributed by atoms with Crippen molar-refractivity contribution < 1.29 is 0 Å². The zero-order chi connectivity index (χ0) is 7.11. The molecular formula is C7H12N2. The SMILES string of the molecule is C=C/C=N\C(=C/C)NC. The molecule has 0 saturated carbocycles. The largest absolute Gasteiger partial charge is 0.373 e. The van der Waals surface area contributed by atoms with Gasteiger partial charge in [0, 0.05) is 13.3 Å². The third kappa shape index (κ3) is 3.53. The molecule has 2 heteroatoms. The normalized spacial score (nSPS) is 12.0. The van der Waals surface area contributed by atoms with Gasteiger partial charge in [0.15, 0.2) is 0 Å². The van der Waals surface area contributed by atoms with Crippen LogP contribution in [0.1, 0.15) is 6.92 Å². The molecule has 0 rings (SSSR count). The molecule has 0 aliphatic carbocycles. The van der Waals surface area contributed by atoms with Crippen LogP contribution in [0.4, 0.5) is 0 Å². The van der Waals surface area contributed by atoms with Crippen molar-refractivity contribution in [3.05, 3.63) is 24.6 Å². The summed E-state index contributed by atoms with van der Waals surface area (Å²) in [6, 6.07) is 0. The first-order valence-electron chi connectivity index (χ1n) is 2.84. The average molecular weight is 124 g/mol. The molecule has 0 aromatic carbocycles. The summed E-state index contributed by atoms with van der Waals surface area (Å²) in [4.78, 5) is 3.99. The Morgan fingerprint density at radius 3 is 2.67 bits per heavy atom. The Morgan fingerprint density at radius 2 is 2.33 bits per heavy atom. The lowest BCUT2D eigenvalue weighted by Crippen LogP contribution is -2.02. The van der Waals surface area contributed by atoms with Crippen LogP contribution in [0.15, 0.2) is 29.5 Å². The predicted molar refractivity (Wildman–Crippen MR) is 41.5 cm³/mol. The highest BCUT2D eigenvalue weighted by Gasteiger charge is 1.78. The van der Waals surface area contributed by atoms with Gasteiger partial charge in [-0.25, -0.2) is 4.99 Å². The van der Waals surface area contributed by atoms with E-state index in [4.69, 9.17) is 0 Å². The molecule has 0 radical (unpaired) electrons. The predicted octanol–water partition coefficient (Wildman–Crippen LogP) is 1.32. The third-order valence-corrected chi connectivity index (χ3v) is 0.849. The highest BCUT2D eigenvalue weighted by molar-refractivity contribution is 5.71. The smallest absolute Gasteiger partial charge is 0.121 e. The Kier molecular flexibility index (Phi) is 4.50. The number of hydrogen-bond acceptors (Lipinski definition) is 2. The van der Waals surface area contributed by atoms with Gasteiger partial charge in [-0.1, -0.05) is 12.7 Å². The van der Waals surface area contributed by atoms with Gasteiger partial charge in [0.2, 0.25) is 0 Å². The first-order valence-corrected chi connectivity index (χ1v) is 2.84. The van der Waals surface area contributed by atoms with Crippen LogP contribution in [0.2, 0.25) is 0 Å². The van der Waals surface area contributed by atoms with Crippen LogP contribution in [0.5, 0.6) is 0 Å². The molecule has 0 aromatic heterocycles. The van der Waals surface area contributed by atoms with Crippen molar-refractivity contribution in [3.8, 4) is 0 Å². The van der Waals surface area contributed by atoms with Crippen molar-refractivity contribution in [1.82, 2.24) is 5.32 Å². The van der Waals surface area contributed by atoms with E-state index in [2.05, 4.69) is 16.9 Å². The van der Waals surface area contributed by atoms with Gasteiger partial charge in [-0.2, -0.15) is 0 Å². The molecule has 0 spiro atoms. The van der Waals surface area contributed by atoms with Gasteiger partial charge in [-0.3, -0.25) is 0 Å². The number of hydrogen-bond donors (Lipinski definition) is 1. The molecular weight excluding hydrogens is 112 g/mol. The molecule has 0 aliphatic rings. The highest BCUT2D eigenvalue weighted by atomic mass is 15.0. The van der Waals surface area contributed by atoms with Crippen molar-refractivity contribution in [1.29, 1.82) is 0 Å². The van der Waals surface area contributed by atoms with Crippen molar-refractivity contribution in [3.63, 3.8) is 0 Å². The van der Waals surface area contributed by atoms with Crippen molar-refractivity contribution >= 4 is 6.21 Å². The minimum Gasteiger partial charge on any atom is -0.373 e. The number of aliphatic imine (C=N–C) groups is 1. The van der Waals surface area contributed by atoms with E-state index >= 15 is 0 Å². The number of nitrogens with one attached hydrogen (secondary N) is 1. The Morgan fingerprint density at radius 1 is 1.67 bits per heavy atom. The molecule has 0 aromatic rings. The van der Waals surface area contributed by atoms with Gasteiger partial charge in [0.25, 0.3) is 0 Å². The Bertz CT molecular complexity index is 134. The first-order chi connectivity index (χ1) is 4.35. The fourth-order valence-corrected chi connectivity index (χ4v) is 0.416. The topological polar surface area (TPSA) is 24.4 Å². The van der Waals surface area contributed by atoms with Crippen molar-refractivity contribution in [2.45, 2.75) is 6.92 Å². The van der Waals surface area contributed by atoms with Gasteiger partial charge < -0.3 is 5.32 Å². The number of nitrogens with zero attached hydrogens (tertiary/aromatic N) is 1. The monoisotopic (exact) mass is 124 g/mol. The molecule has 0 atom stereocenters. The minimum atomic E-state index is 0.856. The maximum absolute atomic E-state index is 3.99. The van der Waals surface area contributed by atoms with E-state index < -0.39 is 0 Å². The van der Waals surface area contributed by atoms with Crippen LogP contribution in [-0.4, -0.2) is 13.3 Å². The summed E-state index contributed by atoms with van der Waals surface area (Å²) in [5.74, 6) is 0.856. The molecule has 50 valence electrons. The summed E-state index contributed by atoms with van der Waals surface area (Å²) in [5, 5.41) is 2.90. The maximum atomic E-state index is 3.99. The first kappa shape index (κ1) is 7.95. The zero-order valence-electron chi connectivity index (χ0n) is 5.89. The lowest BCUT2D eigenvalue weighted by molar-refractivity contribution is 0.963. The molecule has 0 unspecified atom stereocenters. The summed E-state index contributed by atoms with van der Waals surface area (Å²) >= 11 is 0. The van der Waals surface area contributed by atoms with E-state index in [1.807, 2.05) is 20.0 Å². The fourth-order valence-electron chi connectivity index (χ4n) is 0.416. The standard InChI is InChI=1S/C7H12N2/c1-4-6-9-7(5-2)8-3/h4-6,8H,1H2,2-3H3/b7-5-,9-6-. The maximum Gasteiger partial charge on any atom is 0.121 e. The Labute approximate surface area is 56.0 Å². The van der Waals surface area contributed by atoms with Crippen molar-refractivity contribution in [2.24, 2.45) is 4.99 Å². The van der Waals surface area contributed by atoms with Gasteiger partial charge >= 0.3 is 0 Å². The Hall–Kier alpha value is -1.05. The molecule has 2 nitrogen and oxygen atoms in total. The second kappa shape index (κ2) is 5.09. The van der Waals surface area contributed by atoms with E-state index in [-0.39, 0.29) is 0 Å². The molecule has 0 aliphatic heterocycles. The average Bonchev–Trinajstić information content (AvgIpc) is 1.91. The summed E-state index contributed by atoms with van der Waals surface area (Å²) in [7, 11) is 1.83. The molecule has 0 bridgehead atoms. The second-order valence-corrected chi connectivity index (χ2v) is 1.44. The Balaban J connectivity index is 3.84. The van der Waals surface area contributed by atoms with E-state index in [1.54, 1.807) is 12.3 Å². The molecule has 1 N–H and O–H groups in total. The lowest BCUT2D eigenvalue weighted by Gasteiger charge is -1.94. The van der Waals surface area contributed by atoms with Gasteiger partial charge in [-0.05, 0) is 13.0 Å². The van der Waals surface area contributed by atoms with Crippen LogP contribution < -0.4 is 5.32 Å². The summed E-state index contributed by atoms with van der Waals surface area (Å²) in [5.41, 5.74) is 0. The van der Waals surface area contributed by atoms with E-state index in [1.165, 1.54) is 0 Å². The highest BCUT2D eigenvalue weighted by Crippen LogP contribution is 1.85. The van der Waals surface area contributed by atoms with E-state index in [0.29, 0.717) is 0 Å². The van der Waals surface area contributed by atoms with Gasteiger partial charge in [0.1, 0.15) is 5.82 Å². The quantitative estimate of drug-likeness (QED) is 0.564. The molecule has 0 amide bonds.